The number of aromatic nitrogens is 1. The Kier molecular flexibility index (Phi) is 5.52. The van der Waals surface area contributed by atoms with Crippen molar-refractivity contribution in [2.75, 3.05) is 12.0 Å². The van der Waals surface area contributed by atoms with Crippen LogP contribution < -0.4 is 15.0 Å². The molecule has 160 valence electrons. The van der Waals surface area contributed by atoms with Crippen LogP contribution in [0.3, 0.4) is 0 Å². The number of amides is 2. The Balaban J connectivity index is 1.72. The molecule has 1 N–H and O–H groups in total. The van der Waals surface area contributed by atoms with Gasteiger partial charge in [-0.05, 0) is 60.8 Å². The Morgan fingerprint density at radius 3 is 2.50 bits per heavy atom. The van der Waals surface area contributed by atoms with Crippen molar-refractivity contribution in [3.63, 3.8) is 0 Å². The summed E-state index contributed by atoms with van der Waals surface area (Å²) in [6.45, 7) is 0. The van der Waals surface area contributed by atoms with Gasteiger partial charge in [0, 0.05) is 24.0 Å². The van der Waals surface area contributed by atoms with Gasteiger partial charge in [-0.3, -0.25) is 29.9 Å². The number of hydrogen-bond acceptors (Lipinski definition) is 6. The van der Waals surface area contributed by atoms with Gasteiger partial charge in [-0.25, -0.2) is 0 Å². The molecule has 3 aromatic rings. The summed E-state index contributed by atoms with van der Waals surface area (Å²) in [7, 11) is 1.53. The monoisotopic (exact) mass is 448 g/mol. The molecule has 9 nitrogen and oxygen atoms in total. The number of thiocarbonyl (C=S) groups is 1. The van der Waals surface area contributed by atoms with Gasteiger partial charge in [-0.15, -0.1) is 0 Å². The predicted molar refractivity (Wildman–Crippen MR) is 122 cm³/mol. The average Bonchev–Trinajstić information content (AvgIpc) is 3.25. The minimum Gasteiger partial charge on any atom is -0.497 e. The first-order valence-electron chi connectivity index (χ1n) is 9.37. The summed E-state index contributed by atoms with van der Waals surface area (Å²) in [5.41, 5.74) is 1.28. The van der Waals surface area contributed by atoms with Gasteiger partial charge in [0.05, 0.1) is 23.4 Å². The van der Waals surface area contributed by atoms with Gasteiger partial charge in [0.1, 0.15) is 11.3 Å². The molecule has 1 aliphatic heterocycles. The first kappa shape index (κ1) is 20.9. The van der Waals surface area contributed by atoms with Crippen molar-refractivity contribution in [3.05, 3.63) is 88.2 Å². The van der Waals surface area contributed by atoms with Gasteiger partial charge >= 0.3 is 0 Å². The number of carbonyl (C=O) groups is 2. The number of nitro groups is 1. The van der Waals surface area contributed by atoms with E-state index < -0.39 is 16.7 Å². The Morgan fingerprint density at radius 2 is 1.81 bits per heavy atom. The largest absolute Gasteiger partial charge is 0.497 e. The van der Waals surface area contributed by atoms with Crippen LogP contribution in [0.4, 0.5) is 11.4 Å². The molecule has 1 fully saturated rings. The molecule has 2 aromatic carbocycles. The standard InChI is InChI=1S/C22H16N4O5S/c1-31-18-9-7-14(8-10-18)25-21(28)19(20(27)23-22(25)32)13-16-6-3-11-24(16)15-4-2-5-17(12-15)26(29)30/h2-13H,1H3,(H,23,27,32). The van der Waals surface area contributed by atoms with Crippen LogP contribution in [0.15, 0.2) is 72.4 Å². The third-order valence-corrected chi connectivity index (χ3v) is 5.11. The molecule has 4 rings (SSSR count). The molecule has 1 saturated heterocycles. The molecule has 2 amide bonds. The number of benzene rings is 2. The van der Waals surface area contributed by atoms with E-state index in [2.05, 4.69) is 5.32 Å². The zero-order valence-corrected chi connectivity index (χ0v) is 17.5. The molecule has 10 heteroatoms. The van der Waals surface area contributed by atoms with Crippen LogP contribution in [0.25, 0.3) is 11.8 Å². The van der Waals surface area contributed by atoms with Crippen LogP contribution >= 0.6 is 12.2 Å². The van der Waals surface area contributed by atoms with Gasteiger partial charge in [-0.1, -0.05) is 6.07 Å². The number of carbonyl (C=O) groups excluding carboxylic acids is 2. The Hall–Kier alpha value is -4.31. The number of hydrogen-bond donors (Lipinski definition) is 1. The summed E-state index contributed by atoms with van der Waals surface area (Å²) in [6, 6.07) is 16.1. The summed E-state index contributed by atoms with van der Waals surface area (Å²) in [6.07, 6.45) is 3.11. The summed E-state index contributed by atoms with van der Waals surface area (Å²) in [4.78, 5) is 37.6. The van der Waals surface area contributed by atoms with E-state index in [1.165, 1.54) is 30.2 Å². The van der Waals surface area contributed by atoms with Crippen LogP contribution in [-0.2, 0) is 9.59 Å². The summed E-state index contributed by atoms with van der Waals surface area (Å²) >= 11 is 5.21. The number of ether oxygens (including phenoxy) is 1. The highest BCUT2D eigenvalue weighted by Crippen LogP contribution is 2.25. The number of anilines is 1. The van der Waals surface area contributed by atoms with Crippen molar-refractivity contribution in [2.45, 2.75) is 0 Å². The molecule has 0 aliphatic carbocycles. The van der Waals surface area contributed by atoms with Crippen LogP contribution in [0, 0.1) is 10.1 Å². The quantitative estimate of drug-likeness (QED) is 0.211. The molecule has 32 heavy (non-hydrogen) atoms. The van der Waals surface area contributed by atoms with Crippen LogP contribution in [0.2, 0.25) is 0 Å². The van der Waals surface area contributed by atoms with Crippen molar-refractivity contribution in [1.82, 2.24) is 9.88 Å². The second kappa shape index (κ2) is 8.44. The molecule has 0 saturated carbocycles. The third kappa shape index (κ3) is 3.86. The number of nitrogens with zero attached hydrogens (tertiary/aromatic N) is 3. The number of nitro benzene ring substituents is 1. The topological polar surface area (TPSA) is 107 Å². The number of rotatable bonds is 5. The summed E-state index contributed by atoms with van der Waals surface area (Å²) < 4.78 is 6.78. The van der Waals surface area contributed by atoms with Gasteiger partial charge in [-0.2, -0.15) is 0 Å². The molecule has 0 spiro atoms. The van der Waals surface area contributed by atoms with Crippen LogP contribution in [0.5, 0.6) is 5.75 Å². The van der Waals surface area contributed by atoms with Gasteiger partial charge in [0.25, 0.3) is 17.5 Å². The first-order chi connectivity index (χ1) is 15.4. The van der Waals surface area contributed by atoms with E-state index in [0.29, 0.717) is 22.8 Å². The molecule has 0 bridgehead atoms. The molecule has 0 atom stereocenters. The Morgan fingerprint density at radius 1 is 1.06 bits per heavy atom. The molecular weight excluding hydrogens is 432 g/mol. The zero-order valence-electron chi connectivity index (χ0n) is 16.7. The van der Waals surface area contributed by atoms with Gasteiger partial charge in [0.15, 0.2) is 5.11 Å². The second-order valence-electron chi connectivity index (χ2n) is 6.74. The second-order valence-corrected chi connectivity index (χ2v) is 7.12. The molecule has 1 aromatic heterocycles. The van der Waals surface area contributed by atoms with Crippen LogP contribution in [-0.4, -0.2) is 33.5 Å². The minimum absolute atomic E-state index is 0.0311. The van der Waals surface area contributed by atoms with Gasteiger partial charge < -0.3 is 9.30 Å². The lowest BCUT2D eigenvalue weighted by atomic mass is 10.1. The van der Waals surface area contributed by atoms with E-state index in [1.807, 2.05) is 0 Å². The van der Waals surface area contributed by atoms with Crippen molar-refractivity contribution >= 4 is 46.6 Å². The zero-order chi connectivity index (χ0) is 22.8. The van der Waals surface area contributed by atoms with E-state index >= 15 is 0 Å². The maximum Gasteiger partial charge on any atom is 0.271 e. The summed E-state index contributed by atoms with van der Waals surface area (Å²) in [5.74, 6) is -0.606. The van der Waals surface area contributed by atoms with E-state index in [9.17, 15) is 19.7 Å². The SMILES string of the molecule is COc1ccc(N2C(=O)C(=Cc3cccn3-c3cccc([N+](=O)[O-])c3)C(=O)NC2=S)cc1. The first-order valence-corrected chi connectivity index (χ1v) is 9.77. The summed E-state index contributed by atoms with van der Waals surface area (Å²) in [5, 5.41) is 13.6. The fraction of sp³-hybridized carbons (Fsp3) is 0.0455. The molecule has 0 radical (unpaired) electrons. The number of non-ortho nitro benzene ring substituents is 1. The lowest BCUT2D eigenvalue weighted by Gasteiger charge is -2.29. The van der Waals surface area contributed by atoms with E-state index in [1.54, 1.807) is 59.3 Å². The highest BCUT2D eigenvalue weighted by Gasteiger charge is 2.34. The number of nitrogens with one attached hydrogen (secondary N) is 1. The van der Waals surface area contributed by atoms with E-state index in [4.69, 9.17) is 17.0 Å². The maximum absolute atomic E-state index is 13.2. The molecule has 1 aliphatic rings. The van der Waals surface area contributed by atoms with E-state index in [-0.39, 0.29) is 16.4 Å². The van der Waals surface area contributed by atoms with Crippen molar-refractivity contribution in [2.24, 2.45) is 0 Å². The van der Waals surface area contributed by atoms with Crippen molar-refractivity contribution in [1.29, 1.82) is 0 Å². The fourth-order valence-electron chi connectivity index (χ4n) is 3.27. The highest BCUT2D eigenvalue weighted by atomic mass is 32.1. The molecule has 2 heterocycles. The smallest absolute Gasteiger partial charge is 0.271 e. The van der Waals surface area contributed by atoms with Crippen molar-refractivity contribution in [3.8, 4) is 11.4 Å². The Bertz CT molecular complexity index is 1280. The molecule has 0 unspecified atom stereocenters. The van der Waals surface area contributed by atoms with Gasteiger partial charge in [0.2, 0.25) is 0 Å². The lowest BCUT2D eigenvalue weighted by molar-refractivity contribution is -0.384. The minimum atomic E-state index is -0.628. The Labute approximate surface area is 187 Å². The lowest BCUT2D eigenvalue weighted by Crippen LogP contribution is -2.54. The predicted octanol–water partition coefficient (Wildman–Crippen LogP) is 3.23. The maximum atomic E-state index is 13.2. The van der Waals surface area contributed by atoms with Crippen molar-refractivity contribution < 1.29 is 19.2 Å². The molecular formula is C22H16N4O5S. The normalized spacial score (nSPS) is 15.1. The van der Waals surface area contributed by atoms with Crippen LogP contribution in [0.1, 0.15) is 5.69 Å². The fourth-order valence-corrected chi connectivity index (χ4v) is 3.56. The number of methoxy groups -OCH3 is 1. The third-order valence-electron chi connectivity index (χ3n) is 4.82. The average molecular weight is 448 g/mol. The highest BCUT2D eigenvalue weighted by molar-refractivity contribution is 7.80. The van der Waals surface area contributed by atoms with E-state index in [0.717, 1.165) is 0 Å².